The molecule has 18 heavy (non-hydrogen) atoms. The lowest BCUT2D eigenvalue weighted by atomic mass is 9.58. The van der Waals surface area contributed by atoms with E-state index in [4.69, 9.17) is 0 Å². The molecule has 1 atom stereocenters. The van der Waals surface area contributed by atoms with E-state index in [0.29, 0.717) is 11.3 Å². The van der Waals surface area contributed by atoms with E-state index in [1.165, 1.54) is 22.0 Å². The van der Waals surface area contributed by atoms with Gasteiger partial charge in [-0.25, -0.2) is 0 Å². The molecular weight excluding hydrogens is 284 g/mol. The van der Waals surface area contributed by atoms with Gasteiger partial charge in [0.2, 0.25) is 0 Å². The van der Waals surface area contributed by atoms with E-state index in [2.05, 4.69) is 74.5 Å². The second-order valence-electron chi connectivity index (χ2n) is 6.41. The van der Waals surface area contributed by atoms with Gasteiger partial charge in [-0.3, -0.25) is 0 Å². The summed E-state index contributed by atoms with van der Waals surface area (Å²) in [5.41, 5.74) is 3.53. The molecule has 2 rings (SSSR count). The summed E-state index contributed by atoms with van der Waals surface area (Å²) in [7, 11) is 0. The van der Waals surface area contributed by atoms with Gasteiger partial charge in [-0.15, -0.1) is 6.58 Å². The largest absolute Gasteiger partial charge is 0.103 e. The van der Waals surface area contributed by atoms with Crippen LogP contribution in [0.25, 0.3) is 0 Å². The van der Waals surface area contributed by atoms with Gasteiger partial charge in [-0.05, 0) is 52.8 Å². The van der Waals surface area contributed by atoms with Crippen LogP contribution in [0.1, 0.15) is 45.2 Å². The van der Waals surface area contributed by atoms with Gasteiger partial charge in [0.25, 0.3) is 0 Å². The Labute approximate surface area is 120 Å². The number of hydrogen-bond acceptors (Lipinski definition) is 0. The van der Waals surface area contributed by atoms with Crippen LogP contribution >= 0.6 is 15.9 Å². The molecule has 98 valence electrons. The topological polar surface area (TPSA) is 0 Å². The Bertz CT molecular complexity index is 470. The van der Waals surface area contributed by atoms with Crippen LogP contribution in [0.3, 0.4) is 0 Å². The fourth-order valence-corrected chi connectivity index (χ4v) is 4.22. The van der Waals surface area contributed by atoms with Crippen LogP contribution in [0, 0.1) is 11.3 Å². The number of benzene rings is 1. The van der Waals surface area contributed by atoms with E-state index in [0.717, 1.165) is 6.42 Å². The van der Waals surface area contributed by atoms with Crippen molar-refractivity contribution in [3.63, 3.8) is 0 Å². The molecule has 1 aliphatic carbocycles. The highest BCUT2D eigenvalue weighted by Gasteiger charge is 2.52. The highest BCUT2D eigenvalue weighted by molar-refractivity contribution is 9.10. The number of halogens is 1. The van der Waals surface area contributed by atoms with E-state index < -0.39 is 0 Å². The Morgan fingerprint density at radius 3 is 2.61 bits per heavy atom. The number of allylic oxidation sites excluding steroid dienone is 1. The number of rotatable bonds is 3. The highest BCUT2D eigenvalue weighted by Crippen LogP contribution is 2.57. The van der Waals surface area contributed by atoms with Crippen LogP contribution in [0.4, 0.5) is 0 Å². The van der Waals surface area contributed by atoms with Crippen molar-refractivity contribution in [3.8, 4) is 0 Å². The van der Waals surface area contributed by atoms with Crippen LogP contribution in [0.2, 0.25) is 0 Å². The van der Waals surface area contributed by atoms with Crippen LogP contribution < -0.4 is 0 Å². The molecule has 1 aliphatic rings. The Hall–Kier alpha value is -0.560. The zero-order valence-corrected chi connectivity index (χ0v) is 13.5. The molecule has 1 aromatic carbocycles. The van der Waals surface area contributed by atoms with E-state index in [1.54, 1.807) is 0 Å². The quantitative estimate of drug-likeness (QED) is 0.647. The molecule has 1 heteroatoms. The van der Waals surface area contributed by atoms with Crippen LogP contribution in [0.5, 0.6) is 0 Å². The third-order valence-corrected chi connectivity index (χ3v) is 5.60. The molecule has 0 bridgehead atoms. The molecule has 0 nitrogen and oxygen atoms in total. The van der Waals surface area contributed by atoms with Gasteiger partial charge in [0.05, 0.1) is 0 Å². The molecule has 1 unspecified atom stereocenters. The van der Waals surface area contributed by atoms with E-state index in [1.807, 2.05) is 0 Å². The summed E-state index contributed by atoms with van der Waals surface area (Å²) in [6.07, 6.45) is 4.36. The van der Waals surface area contributed by atoms with Gasteiger partial charge in [-0.1, -0.05) is 55.8 Å². The minimum Gasteiger partial charge on any atom is -0.103 e. The fourth-order valence-electron chi connectivity index (χ4n) is 3.86. The van der Waals surface area contributed by atoms with Gasteiger partial charge in [-0.2, -0.15) is 0 Å². The predicted molar refractivity (Wildman–Crippen MR) is 83.0 cm³/mol. The first-order chi connectivity index (χ1) is 8.35. The summed E-state index contributed by atoms with van der Waals surface area (Å²) < 4.78 is 1.19. The minimum atomic E-state index is 0.203. The first-order valence-electron chi connectivity index (χ1n) is 6.75. The molecule has 0 saturated carbocycles. The Kier molecular flexibility index (Phi) is 3.48. The number of hydrogen-bond donors (Lipinski definition) is 0. The first kappa shape index (κ1) is 13.9. The first-order valence-corrected chi connectivity index (χ1v) is 7.54. The average Bonchev–Trinajstić information content (AvgIpc) is 2.50. The standard InChI is InChI=1S/C17H23Br/c1-6-9-17(12(2)3)11-13-7-8-14(18)10-15(13)16(17,4)5/h6-8,10,12H,1,9,11H2,2-5H3. The van der Waals surface area contributed by atoms with Crippen molar-refractivity contribution in [3.05, 3.63) is 46.5 Å². The summed E-state index contributed by atoms with van der Waals surface area (Å²) in [6.45, 7) is 13.5. The maximum atomic E-state index is 3.99. The fraction of sp³-hybridized carbons (Fsp3) is 0.529. The van der Waals surface area contributed by atoms with E-state index in [9.17, 15) is 0 Å². The maximum Gasteiger partial charge on any atom is 0.0178 e. The number of fused-ring (bicyclic) bond motifs is 1. The van der Waals surface area contributed by atoms with Gasteiger partial charge in [0, 0.05) is 4.47 Å². The summed E-state index contributed by atoms with van der Waals surface area (Å²) in [5, 5.41) is 0. The SMILES string of the molecule is C=CCC1(C(C)C)Cc2ccc(Br)cc2C1(C)C. The van der Waals surface area contributed by atoms with Crippen molar-refractivity contribution in [1.29, 1.82) is 0 Å². The van der Waals surface area contributed by atoms with Crippen molar-refractivity contribution in [1.82, 2.24) is 0 Å². The molecule has 0 heterocycles. The zero-order chi connectivity index (χ0) is 13.6. The summed E-state index contributed by atoms with van der Waals surface area (Å²) >= 11 is 3.61. The molecule has 0 spiro atoms. The van der Waals surface area contributed by atoms with E-state index >= 15 is 0 Å². The lowest BCUT2D eigenvalue weighted by Gasteiger charge is -2.45. The monoisotopic (exact) mass is 306 g/mol. The van der Waals surface area contributed by atoms with Gasteiger partial charge in [0.15, 0.2) is 0 Å². The van der Waals surface area contributed by atoms with Crippen molar-refractivity contribution >= 4 is 15.9 Å². The molecular formula is C17H23Br. The lowest BCUT2D eigenvalue weighted by molar-refractivity contribution is 0.101. The Morgan fingerprint density at radius 2 is 2.06 bits per heavy atom. The smallest absolute Gasteiger partial charge is 0.0178 e. The third-order valence-electron chi connectivity index (χ3n) is 5.11. The molecule has 0 radical (unpaired) electrons. The molecule has 0 N–H and O–H groups in total. The third kappa shape index (κ3) is 1.79. The lowest BCUT2D eigenvalue weighted by Crippen LogP contribution is -2.42. The molecule has 0 fully saturated rings. The Balaban J connectivity index is 2.59. The van der Waals surface area contributed by atoms with Gasteiger partial charge in [0.1, 0.15) is 0 Å². The average molecular weight is 307 g/mol. The summed E-state index contributed by atoms with van der Waals surface area (Å²) in [5.74, 6) is 0.650. The Morgan fingerprint density at radius 1 is 1.39 bits per heavy atom. The van der Waals surface area contributed by atoms with Crippen LogP contribution in [-0.4, -0.2) is 0 Å². The minimum absolute atomic E-state index is 0.203. The molecule has 0 aliphatic heterocycles. The van der Waals surface area contributed by atoms with Crippen LogP contribution in [0.15, 0.2) is 35.3 Å². The van der Waals surface area contributed by atoms with Gasteiger partial charge < -0.3 is 0 Å². The summed E-state index contributed by atoms with van der Waals surface area (Å²) in [6, 6.07) is 6.76. The van der Waals surface area contributed by atoms with Crippen LogP contribution in [-0.2, 0) is 11.8 Å². The van der Waals surface area contributed by atoms with Gasteiger partial charge >= 0.3 is 0 Å². The van der Waals surface area contributed by atoms with E-state index in [-0.39, 0.29) is 5.41 Å². The second kappa shape index (κ2) is 4.52. The predicted octanol–water partition coefficient (Wildman–Crippen LogP) is 5.50. The zero-order valence-electron chi connectivity index (χ0n) is 11.9. The highest BCUT2D eigenvalue weighted by atomic mass is 79.9. The maximum absolute atomic E-state index is 3.99. The van der Waals surface area contributed by atoms with Crippen molar-refractivity contribution in [2.24, 2.45) is 11.3 Å². The summed E-state index contributed by atoms with van der Waals surface area (Å²) in [4.78, 5) is 0. The second-order valence-corrected chi connectivity index (χ2v) is 7.32. The molecule has 0 aromatic heterocycles. The van der Waals surface area contributed by atoms with Crippen molar-refractivity contribution < 1.29 is 0 Å². The normalized spacial score (nSPS) is 25.2. The molecule has 0 saturated heterocycles. The molecule has 1 aromatic rings. The molecule has 0 amide bonds. The van der Waals surface area contributed by atoms with Crippen molar-refractivity contribution in [2.45, 2.75) is 46.0 Å². The van der Waals surface area contributed by atoms with Crippen molar-refractivity contribution in [2.75, 3.05) is 0 Å².